The number of aryl methyl sites for hydroxylation is 2. The number of hydrogen-bond acceptors (Lipinski definition) is 4. The first-order valence-corrected chi connectivity index (χ1v) is 10.0. The first-order valence-electron chi connectivity index (χ1n) is 10.0. The highest BCUT2D eigenvalue weighted by Crippen LogP contribution is 2.19. The van der Waals surface area contributed by atoms with Crippen molar-refractivity contribution in [2.75, 3.05) is 13.7 Å². The Morgan fingerprint density at radius 1 is 1.23 bits per heavy atom. The second kappa shape index (κ2) is 10.4. The van der Waals surface area contributed by atoms with Crippen molar-refractivity contribution in [2.24, 2.45) is 0 Å². The molecule has 0 bridgehead atoms. The number of nitrogens with zero attached hydrogens (tertiary/aromatic N) is 3. The maximum atomic E-state index is 12.4. The normalized spacial score (nSPS) is 11.1. The van der Waals surface area contributed by atoms with Crippen molar-refractivity contribution in [1.29, 1.82) is 5.26 Å². The van der Waals surface area contributed by atoms with Gasteiger partial charge in [-0.2, -0.15) is 5.26 Å². The van der Waals surface area contributed by atoms with Gasteiger partial charge in [0.15, 0.2) is 6.61 Å². The summed E-state index contributed by atoms with van der Waals surface area (Å²) >= 11 is 0. The molecular formula is C24H29N3O3. The molecule has 1 aromatic heterocycles. The zero-order valence-electron chi connectivity index (χ0n) is 18.4. The molecule has 0 saturated carbocycles. The molecule has 2 aromatic rings. The molecule has 0 saturated heterocycles. The number of benzene rings is 1. The summed E-state index contributed by atoms with van der Waals surface area (Å²) in [6.45, 7) is 8.92. The number of likely N-dealkylation sites (N-methyl/N-ethyl adjacent to an activating group) is 1. The van der Waals surface area contributed by atoms with Crippen molar-refractivity contribution in [2.45, 2.75) is 47.2 Å². The zero-order chi connectivity index (χ0) is 22.3. The second-order valence-corrected chi connectivity index (χ2v) is 7.40. The third kappa shape index (κ3) is 5.60. The van der Waals surface area contributed by atoms with Gasteiger partial charge in [-0.05, 0) is 56.0 Å². The maximum absolute atomic E-state index is 12.4. The lowest BCUT2D eigenvalue weighted by Crippen LogP contribution is -2.31. The van der Waals surface area contributed by atoms with Crippen LogP contribution in [0.3, 0.4) is 0 Å². The number of carbonyl (C=O) groups excluding carboxylic acids is 2. The van der Waals surface area contributed by atoms with Gasteiger partial charge < -0.3 is 14.2 Å². The van der Waals surface area contributed by atoms with Crippen LogP contribution in [0.4, 0.5) is 0 Å². The zero-order valence-corrected chi connectivity index (χ0v) is 18.4. The van der Waals surface area contributed by atoms with Gasteiger partial charge in [0.1, 0.15) is 11.6 Å². The van der Waals surface area contributed by atoms with E-state index < -0.39 is 12.6 Å². The van der Waals surface area contributed by atoms with E-state index in [0.717, 1.165) is 41.0 Å². The number of carbonyl (C=O) groups is 2. The van der Waals surface area contributed by atoms with Gasteiger partial charge in [-0.1, -0.05) is 31.2 Å². The van der Waals surface area contributed by atoms with Gasteiger partial charge >= 0.3 is 5.97 Å². The lowest BCUT2D eigenvalue weighted by Gasteiger charge is -2.18. The number of amides is 1. The lowest BCUT2D eigenvalue weighted by molar-refractivity contribution is -0.148. The molecule has 30 heavy (non-hydrogen) atoms. The van der Waals surface area contributed by atoms with Crippen molar-refractivity contribution >= 4 is 18.0 Å². The first kappa shape index (κ1) is 23.0. The van der Waals surface area contributed by atoms with Gasteiger partial charge in [-0.25, -0.2) is 4.79 Å². The fraction of sp³-hybridized carbons (Fsp3) is 0.375. The van der Waals surface area contributed by atoms with Crippen LogP contribution < -0.4 is 0 Å². The highest BCUT2D eigenvalue weighted by Gasteiger charge is 2.17. The van der Waals surface area contributed by atoms with Crippen molar-refractivity contribution in [3.63, 3.8) is 0 Å². The quantitative estimate of drug-likeness (QED) is 0.377. The fourth-order valence-corrected chi connectivity index (χ4v) is 3.28. The molecule has 0 radical (unpaired) electrons. The number of aromatic nitrogens is 1. The van der Waals surface area contributed by atoms with Crippen LogP contribution in [0.1, 0.15) is 41.4 Å². The molecule has 0 aliphatic rings. The molecule has 1 heterocycles. The predicted molar refractivity (Wildman–Crippen MR) is 116 cm³/mol. The van der Waals surface area contributed by atoms with Gasteiger partial charge in [0, 0.05) is 31.5 Å². The average Bonchev–Trinajstić information content (AvgIpc) is 2.99. The van der Waals surface area contributed by atoms with Crippen LogP contribution in [-0.4, -0.2) is 35.0 Å². The van der Waals surface area contributed by atoms with Crippen LogP contribution in [0.25, 0.3) is 6.08 Å². The largest absolute Gasteiger partial charge is 0.451 e. The van der Waals surface area contributed by atoms with E-state index in [1.165, 1.54) is 11.0 Å². The summed E-state index contributed by atoms with van der Waals surface area (Å²) in [6, 6.07) is 11.6. The highest BCUT2D eigenvalue weighted by atomic mass is 16.5. The average molecular weight is 408 g/mol. The summed E-state index contributed by atoms with van der Waals surface area (Å²) in [5.74, 6) is -1.12. The molecule has 0 unspecified atom stereocenters. The summed E-state index contributed by atoms with van der Waals surface area (Å²) in [5.41, 5.74) is 4.85. The predicted octanol–water partition coefficient (Wildman–Crippen LogP) is 3.93. The standard InChI is InChI=1S/C24H29N3O3/c1-6-11-27-18(3)12-21(19(27)4)13-22(14-25)24(29)30-16-23(28)26(5)15-20-10-8-7-9-17(20)2/h7-10,12-13H,6,11,15-16H2,1-5H3/b22-13+. The van der Waals surface area contributed by atoms with Crippen LogP contribution in [0.5, 0.6) is 0 Å². The maximum Gasteiger partial charge on any atom is 0.349 e. The third-order valence-corrected chi connectivity index (χ3v) is 5.12. The smallest absolute Gasteiger partial charge is 0.349 e. The van der Waals surface area contributed by atoms with E-state index in [-0.39, 0.29) is 11.5 Å². The Morgan fingerprint density at radius 2 is 1.93 bits per heavy atom. The Hall–Kier alpha value is -3.33. The summed E-state index contributed by atoms with van der Waals surface area (Å²) in [6.07, 6.45) is 2.52. The topological polar surface area (TPSA) is 75.3 Å². The minimum atomic E-state index is -0.796. The van der Waals surface area contributed by atoms with E-state index in [2.05, 4.69) is 11.5 Å². The van der Waals surface area contributed by atoms with Crippen molar-refractivity contribution in [3.05, 3.63) is 64.0 Å². The van der Waals surface area contributed by atoms with Gasteiger partial charge in [0.2, 0.25) is 0 Å². The molecule has 6 nitrogen and oxygen atoms in total. The Balaban J connectivity index is 2.03. The van der Waals surface area contributed by atoms with E-state index >= 15 is 0 Å². The number of nitriles is 1. The lowest BCUT2D eigenvalue weighted by atomic mass is 10.1. The van der Waals surface area contributed by atoms with E-state index in [1.54, 1.807) is 7.05 Å². The number of rotatable bonds is 8. The van der Waals surface area contributed by atoms with Gasteiger partial charge in [-0.3, -0.25) is 4.79 Å². The molecular weight excluding hydrogens is 378 g/mol. The molecule has 1 aromatic carbocycles. The van der Waals surface area contributed by atoms with Crippen LogP contribution in [0, 0.1) is 32.1 Å². The number of esters is 1. The third-order valence-electron chi connectivity index (χ3n) is 5.12. The van der Waals surface area contributed by atoms with Crippen LogP contribution >= 0.6 is 0 Å². The van der Waals surface area contributed by atoms with Gasteiger partial charge in [0.05, 0.1) is 0 Å². The molecule has 158 valence electrons. The summed E-state index contributed by atoms with van der Waals surface area (Å²) in [5, 5.41) is 9.41. The minimum absolute atomic E-state index is 0.124. The first-order chi connectivity index (χ1) is 14.3. The second-order valence-electron chi connectivity index (χ2n) is 7.40. The molecule has 0 aliphatic heterocycles. The fourth-order valence-electron chi connectivity index (χ4n) is 3.28. The molecule has 0 atom stereocenters. The SMILES string of the molecule is CCCn1c(C)cc(/C=C(\C#N)C(=O)OCC(=O)N(C)Cc2ccccc2C)c1C. The Kier molecular flexibility index (Phi) is 7.99. The van der Waals surface area contributed by atoms with E-state index in [1.807, 2.05) is 57.2 Å². The van der Waals surface area contributed by atoms with Crippen LogP contribution in [-0.2, 0) is 27.4 Å². The summed E-state index contributed by atoms with van der Waals surface area (Å²) in [4.78, 5) is 26.2. The monoisotopic (exact) mass is 407 g/mol. The Morgan fingerprint density at radius 3 is 2.57 bits per heavy atom. The minimum Gasteiger partial charge on any atom is -0.451 e. The summed E-state index contributed by atoms with van der Waals surface area (Å²) in [7, 11) is 1.66. The molecule has 6 heteroatoms. The van der Waals surface area contributed by atoms with Crippen LogP contribution in [0.2, 0.25) is 0 Å². The molecule has 0 fully saturated rings. The molecule has 0 N–H and O–H groups in total. The molecule has 2 rings (SSSR count). The van der Waals surface area contributed by atoms with E-state index in [4.69, 9.17) is 4.74 Å². The van der Waals surface area contributed by atoms with E-state index in [0.29, 0.717) is 6.54 Å². The number of hydrogen-bond donors (Lipinski definition) is 0. The van der Waals surface area contributed by atoms with Crippen molar-refractivity contribution in [3.8, 4) is 6.07 Å². The van der Waals surface area contributed by atoms with Crippen molar-refractivity contribution < 1.29 is 14.3 Å². The molecule has 1 amide bonds. The Bertz CT molecular complexity index is 996. The van der Waals surface area contributed by atoms with Crippen molar-refractivity contribution in [1.82, 2.24) is 9.47 Å². The van der Waals surface area contributed by atoms with Crippen LogP contribution in [0.15, 0.2) is 35.9 Å². The van der Waals surface area contributed by atoms with Gasteiger partial charge in [-0.15, -0.1) is 0 Å². The molecule has 0 spiro atoms. The van der Waals surface area contributed by atoms with Gasteiger partial charge in [0.25, 0.3) is 5.91 Å². The Labute approximate surface area is 178 Å². The van der Waals surface area contributed by atoms with E-state index in [9.17, 15) is 14.9 Å². The summed E-state index contributed by atoms with van der Waals surface area (Å²) < 4.78 is 7.26. The molecule has 0 aliphatic carbocycles. The highest BCUT2D eigenvalue weighted by molar-refractivity contribution is 5.99. The number of ether oxygens (including phenoxy) is 1.